The molecule has 0 radical (unpaired) electrons. The number of halogens is 1. The van der Waals surface area contributed by atoms with Crippen molar-refractivity contribution < 1.29 is 9.32 Å². The molecule has 0 spiro atoms. The van der Waals surface area contributed by atoms with Crippen molar-refractivity contribution in [1.29, 1.82) is 0 Å². The van der Waals surface area contributed by atoms with Gasteiger partial charge in [0, 0.05) is 48.3 Å². The van der Waals surface area contributed by atoms with Crippen LogP contribution in [0.4, 0.5) is 16.2 Å². The lowest BCUT2D eigenvalue weighted by atomic mass is 10.1. The van der Waals surface area contributed by atoms with Gasteiger partial charge in [0.1, 0.15) is 0 Å². The summed E-state index contributed by atoms with van der Waals surface area (Å²) in [4.78, 5) is 21.0. The average molecular weight is 456 g/mol. The molecule has 0 saturated carbocycles. The molecule has 0 unspecified atom stereocenters. The van der Waals surface area contributed by atoms with Gasteiger partial charge in [-0.3, -0.25) is 0 Å². The predicted octanol–water partition coefficient (Wildman–Crippen LogP) is 4.42. The van der Waals surface area contributed by atoms with Gasteiger partial charge in [0.25, 0.3) is 0 Å². The first-order valence-electron chi connectivity index (χ1n) is 9.62. The number of carbonyl (C=O) groups excluding carboxylic acids is 1. The van der Waals surface area contributed by atoms with Crippen LogP contribution >= 0.6 is 15.9 Å². The van der Waals surface area contributed by atoms with Crippen molar-refractivity contribution in [3.63, 3.8) is 0 Å². The number of para-hydroxylation sites is 1. The van der Waals surface area contributed by atoms with Crippen LogP contribution in [0.5, 0.6) is 0 Å². The Balaban J connectivity index is 1.34. The first-order chi connectivity index (χ1) is 14.1. The number of aromatic nitrogens is 2. The summed E-state index contributed by atoms with van der Waals surface area (Å²) in [5.74, 6) is 1.25. The zero-order valence-corrected chi connectivity index (χ0v) is 17.7. The number of amides is 2. The number of hydrogen-bond donors (Lipinski definition) is 1. The Kier molecular flexibility index (Phi) is 5.80. The van der Waals surface area contributed by atoms with Crippen LogP contribution < -0.4 is 10.2 Å². The van der Waals surface area contributed by atoms with E-state index in [9.17, 15) is 4.79 Å². The van der Waals surface area contributed by atoms with Gasteiger partial charge in [0.15, 0.2) is 0 Å². The van der Waals surface area contributed by atoms with Crippen LogP contribution in [0.1, 0.15) is 12.8 Å². The Hall–Kier alpha value is -2.87. The van der Waals surface area contributed by atoms with Crippen molar-refractivity contribution in [2.24, 2.45) is 0 Å². The molecule has 2 aromatic carbocycles. The first-order valence-corrected chi connectivity index (χ1v) is 10.4. The molecular formula is C21H22BrN5O2. The van der Waals surface area contributed by atoms with E-state index >= 15 is 0 Å². The van der Waals surface area contributed by atoms with Gasteiger partial charge >= 0.3 is 6.03 Å². The molecule has 0 aliphatic carbocycles. The molecule has 3 aromatic rings. The summed E-state index contributed by atoms with van der Waals surface area (Å²) in [5, 5.41) is 6.98. The highest BCUT2D eigenvalue weighted by Crippen LogP contribution is 2.24. The van der Waals surface area contributed by atoms with Gasteiger partial charge in [-0.25, -0.2) is 4.79 Å². The topological polar surface area (TPSA) is 74.5 Å². The molecular weight excluding hydrogens is 434 g/mol. The summed E-state index contributed by atoms with van der Waals surface area (Å²) < 4.78 is 6.06. The zero-order chi connectivity index (χ0) is 20.2. The second-order valence-corrected chi connectivity index (χ2v) is 7.65. The number of urea groups is 1. The molecule has 8 heteroatoms. The molecule has 29 heavy (non-hydrogen) atoms. The van der Waals surface area contributed by atoms with Crippen molar-refractivity contribution in [1.82, 2.24) is 15.0 Å². The minimum Gasteiger partial charge on any atom is -0.368 e. The van der Waals surface area contributed by atoms with Gasteiger partial charge in [-0.15, -0.1) is 0 Å². The van der Waals surface area contributed by atoms with Crippen molar-refractivity contribution in [2.75, 3.05) is 36.4 Å². The van der Waals surface area contributed by atoms with E-state index in [1.54, 1.807) is 0 Å². The minimum atomic E-state index is -0.0734. The molecule has 7 nitrogen and oxygen atoms in total. The Bertz CT molecular complexity index is 981. The highest BCUT2D eigenvalue weighted by atomic mass is 79.9. The van der Waals surface area contributed by atoms with E-state index in [0.29, 0.717) is 24.8 Å². The fourth-order valence-electron chi connectivity index (χ4n) is 3.26. The van der Waals surface area contributed by atoms with Crippen LogP contribution in [0.3, 0.4) is 0 Å². The quantitative estimate of drug-likeness (QED) is 0.630. The second-order valence-electron chi connectivity index (χ2n) is 6.80. The van der Waals surface area contributed by atoms with Gasteiger partial charge in [0.2, 0.25) is 11.7 Å². The SMILES string of the molecule is CCc1nc(-c2ccc(N3CCN(C(=O)Nc4ccccc4Br)CC3)cc2)no1. The number of hydrogen-bond acceptors (Lipinski definition) is 5. The largest absolute Gasteiger partial charge is 0.368 e. The standard InChI is InChI=1S/C21H22BrN5O2/c1-2-19-24-20(25-29-19)15-7-9-16(10-8-15)26-11-13-27(14-12-26)21(28)23-18-6-4-3-5-17(18)22/h3-10H,2,11-14H2,1H3,(H,23,28). The normalized spacial score (nSPS) is 14.1. The second kappa shape index (κ2) is 8.65. The molecule has 1 aliphatic rings. The van der Waals surface area contributed by atoms with E-state index in [0.717, 1.165) is 40.9 Å². The van der Waals surface area contributed by atoms with Crippen molar-refractivity contribution in [2.45, 2.75) is 13.3 Å². The number of nitrogens with one attached hydrogen (secondary N) is 1. The molecule has 1 saturated heterocycles. The van der Waals surface area contributed by atoms with E-state index in [1.165, 1.54) is 0 Å². The summed E-state index contributed by atoms with van der Waals surface area (Å²) >= 11 is 3.46. The number of anilines is 2. The zero-order valence-electron chi connectivity index (χ0n) is 16.1. The van der Waals surface area contributed by atoms with Gasteiger partial charge in [-0.2, -0.15) is 4.98 Å². The molecule has 1 aromatic heterocycles. The number of nitrogens with zero attached hydrogens (tertiary/aromatic N) is 4. The van der Waals surface area contributed by atoms with Crippen LogP contribution in [0, 0.1) is 0 Å². The van der Waals surface area contributed by atoms with Gasteiger partial charge < -0.3 is 19.6 Å². The maximum absolute atomic E-state index is 12.5. The van der Waals surface area contributed by atoms with Crippen molar-refractivity contribution in [3.8, 4) is 11.4 Å². The Morgan fingerprint density at radius 2 is 1.83 bits per heavy atom. The van der Waals surface area contributed by atoms with Crippen molar-refractivity contribution in [3.05, 3.63) is 58.9 Å². The predicted molar refractivity (Wildman–Crippen MR) is 116 cm³/mol. The number of piperazine rings is 1. The van der Waals surface area contributed by atoms with E-state index in [1.807, 2.05) is 48.2 Å². The summed E-state index contributed by atoms with van der Waals surface area (Å²) in [6.07, 6.45) is 0.726. The van der Waals surface area contributed by atoms with Crippen LogP contribution in [0.2, 0.25) is 0 Å². The van der Waals surface area contributed by atoms with E-state index in [2.05, 4.69) is 48.4 Å². The number of rotatable bonds is 4. The Labute approximate surface area is 177 Å². The van der Waals surface area contributed by atoms with Crippen molar-refractivity contribution >= 4 is 33.3 Å². The lowest BCUT2D eigenvalue weighted by molar-refractivity contribution is 0.208. The first kappa shape index (κ1) is 19.4. The van der Waals surface area contributed by atoms with E-state index in [4.69, 9.17) is 4.52 Å². The minimum absolute atomic E-state index is 0.0734. The Morgan fingerprint density at radius 3 is 2.48 bits per heavy atom. The lowest BCUT2D eigenvalue weighted by Gasteiger charge is -2.36. The number of aryl methyl sites for hydroxylation is 1. The third-order valence-electron chi connectivity index (χ3n) is 4.94. The fourth-order valence-corrected chi connectivity index (χ4v) is 3.65. The maximum Gasteiger partial charge on any atom is 0.321 e. The summed E-state index contributed by atoms with van der Waals surface area (Å²) in [7, 11) is 0. The monoisotopic (exact) mass is 455 g/mol. The summed E-state index contributed by atoms with van der Waals surface area (Å²) in [5.41, 5.74) is 2.84. The summed E-state index contributed by atoms with van der Waals surface area (Å²) in [6, 6.07) is 15.7. The fraction of sp³-hybridized carbons (Fsp3) is 0.286. The number of benzene rings is 2. The molecule has 0 atom stereocenters. The number of carbonyl (C=O) groups is 1. The Morgan fingerprint density at radius 1 is 1.10 bits per heavy atom. The molecule has 0 bridgehead atoms. The molecule has 2 heterocycles. The molecule has 2 amide bonds. The van der Waals surface area contributed by atoms with Crippen LogP contribution in [0.15, 0.2) is 57.5 Å². The third-order valence-corrected chi connectivity index (χ3v) is 5.64. The molecule has 1 fully saturated rings. The van der Waals surface area contributed by atoms with E-state index in [-0.39, 0.29) is 6.03 Å². The summed E-state index contributed by atoms with van der Waals surface area (Å²) in [6.45, 7) is 4.89. The average Bonchev–Trinajstić information content (AvgIpc) is 3.25. The van der Waals surface area contributed by atoms with Gasteiger partial charge in [0.05, 0.1) is 5.69 Å². The molecule has 1 N–H and O–H groups in total. The lowest BCUT2D eigenvalue weighted by Crippen LogP contribution is -2.50. The van der Waals surface area contributed by atoms with Crippen LogP contribution in [-0.2, 0) is 6.42 Å². The third kappa shape index (κ3) is 4.42. The maximum atomic E-state index is 12.5. The van der Waals surface area contributed by atoms with E-state index < -0.39 is 0 Å². The van der Waals surface area contributed by atoms with Crippen LogP contribution in [-0.4, -0.2) is 47.3 Å². The molecule has 150 valence electrons. The van der Waals surface area contributed by atoms with Crippen LogP contribution in [0.25, 0.3) is 11.4 Å². The van der Waals surface area contributed by atoms with Gasteiger partial charge in [-0.1, -0.05) is 24.2 Å². The molecule has 4 rings (SSSR count). The highest BCUT2D eigenvalue weighted by Gasteiger charge is 2.22. The smallest absolute Gasteiger partial charge is 0.321 e. The molecule has 1 aliphatic heterocycles. The highest BCUT2D eigenvalue weighted by molar-refractivity contribution is 9.10. The van der Waals surface area contributed by atoms with Gasteiger partial charge in [-0.05, 0) is 52.3 Å².